The Bertz CT molecular complexity index is 1900. The minimum Gasteiger partial charge on any atom is -0.482 e. The number of amides is 2. The maximum Gasteiger partial charge on any atom is 0.417 e. The average Bonchev–Trinajstić information content (AvgIpc) is 3.59. The molecule has 1 aromatic heterocycles. The summed E-state index contributed by atoms with van der Waals surface area (Å²) in [5, 5.41) is 14.2. The van der Waals surface area contributed by atoms with Gasteiger partial charge >= 0.3 is 12.1 Å². The van der Waals surface area contributed by atoms with Crippen LogP contribution >= 0.6 is 11.3 Å². The molecule has 258 valence electrons. The van der Waals surface area contributed by atoms with Crippen molar-refractivity contribution in [2.24, 2.45) is 0 Å². The standard InChI is InChI=1S/C38H34F3N3O5S/c39-38(40,41)33-12-5-4-11-32(33)37(48)44(22-27-13-19-31(20-14-27)49-24-34(45)46)23-30-25-50-36(43-30)29-17-15-28(16-18-29)35(47)42-21-7-6-10-26-8-2-1-3-9-26/h1-5,8-9,11-20,25H,6-7,10,21-24H2,(H,42,47)(H,45,46). The third-order valence-electron chi connectivity index (χ3n) is 7.73. The summed E-state index contributed by atoms with van der Waals surface area (Å²) >= 11 is 1.31. The minimum atomic E-state index is -4.74. The number of alkyl halides is 3. The van der Waals surface area contributed by atoms with E-state index in [0.29, 0.717) is 34.1 Å². The minimum absolute atomic E-state index is 0.0485. The van der Waals surface area contributed by atoms with Crippen molar-refractivity contribution in [1.29, 1.82) is 0 Å². The lowest BCUT2D eigenvalue weighted by Gasteiger charge is -2.24. The van der Waals surface area contributed by atoms with Crippen LogP contribution in [0.3, 0.4) is 0 Å². The van der Waals surface area contributed by atoms with Crippen molar-refractivity contribution in [3.63, 3.8) is 0 Å². The normalized spacial score (nSPS) is 11.2. The van der Waals surface area contributed by atoms with E-state index in [4.69, 9.17) is 9.84 Å². The number of aromatic nitrogens is 1. The van der Waals surface area contributed by atoms with Crippen molar-refractivity contribution >= 4 is 29.1 Å². The Morgan fingerprint density at radius 1 is 0.820 bits per heavy atom. The fourth-order valence-electron chi connectivity index (χ4n) is 5.22. The number of halogens is 3. The number of carboxylic acids is 1. The number of carbonyl (C=O) groups is 3. The summed E-state index contributed by atoms with van der Waals surface area (Å²) in [6.45, 7) is -0.0961. The lowest BCUT2D eigenvalue weighted by Crippen LogP contribution is -2.32. The Labute approximate surface area is 291 Å². The summed E-state index contributed by atoms with van der Waals surface area (Å²) in [4.78, 5) is 43.1. The van der Waals surface area contributed by atoms with Crippen LogP contribution in [0.1, 0.15) is 55.9 Å². The highest BCUT2D eigenvalue weighted by Crippen LogP contribution is 2.33. The molecule has 0 radical (unpaired) electrons. The summed E-state index contributed by atoms with van der Waals surface area (Å²) in [7, 11) is 0. The van der Waals surface area contributed by atoms with Gasteiger partial charge in [-0.2, -0.15) is 13.2 Å². The van der Waals surface area contributed by atoms with E-state index in [1.165, 1.54) is 46.1 Å². The highest BCUT2D eigenvalue weighted by Gasteiger charge is 2.36. The number of nitrogens with zero attached hydrogens (tertiary/aromatic N) is 2. The van der Waals surface area contributed by atoms with Crippen LogP contribution in [0.15, 0.2) is 109 Å². The zero-order valence-corrected chi connectivity index (χ0v) is 27.7. The molecule has 8 nitrogen and oxygen atoms in total. The first-order chi connectivity index (χ1) is 24.1. The highest BCUT2D eigenvalue weighted by atomic mass is 32.1. The van der Waals surface area contributed by atoms with Crippen LogP contribution in [0.5, 0.6) is 5.75 Å². The van der Waals surface area contributed by atoms with Gasteiger partial charge in [-0.25, -0.2) is 9.78 Å². The Hall–Kier alpha value is -5.49. The lowest BCUT2D eigenvalue weighted by molar-refractivity contribution is -0.139. The molecular formula is C38H34F3N3O5S. The number of benzene rings is 4. The van der Waals surface area contributed by atoms with Crippen LogP contribution < -0.4 is 10.1 Å². The summed E-state index contributed by atoms with van der Waals surface area (Å²) in [5.41, 5.74) is 2.06. The molecule has 50 heavy (non-hydrogen) atoms. The molecule has 5 rings (SSSR count). The van der Waals surface area contributed by atoms with Gasteiger partial charge in [-0.3, -0.25) is 9.59 Å². The van der Waals surface area contributed by atoms with Gasteiger partial charge in [-0.15, -0.1) is 11.3 Å². The second-order valence-electron chi connectivity index (χ2n) is 11.5. The Balaban J connectivity index is 1.25. The van der Waals surface area contributed by atoms with E-state index in [1.807, 2.05) is 18.2 Å². The van der Waals surface area contributed by atoms with Crippen LogP contribution in [-0.4, -0.2) is 45.9 Å². The van der Waals surface area contributed by atoms with Gasteiger partial charge in [0.05, 0.1) is 23.4 Å². The van der Waals surface area contributed by atoms with Crippen LogP contribution in [-0.2, 0) is 30.5 Å². The number of nitrogens with one attached hydrogen (secondary N) is 1. The third-order valence-corrected chi connectivity index (χ3v) is 8.67. The second kappa shape index (κ2) is 16.8. The van der Waals surface area contributed by atoms with E-state index >= 15 is 0 Å². The Kier molecular flexibility index (Phi) is 12.0. The fraction of sp³-hybridized carbons (Fsp3) is 0.211. The molecule has 0 fully saturated rings. The number of aliphatic carboxylic acids is 1. The van der Waals surface area contributed by atoms with Crippen LogP contribution in [0.2, 0.25) is 0 Å². The predicted molar refractivity (Wildman–Crippen MR) is 184 cm³/mol. The monoisotopic (exact) mass is 701 g/mol. The number of rotatable bonds is 15. The first-order valence-corrected chi connectivity index (χ1v) is 16.7. The zero-order valence-electron chi connectivity index (χ0n) is 26.9. The van der Waals surface area contributed by atoms with E-state index in [2.05, 4.69) is 22.4 Å². The van der Waals surface area contributed by atoms with Gasteiger partial charge in [-0.1, -0.05) is 66.7 Å². The molecule has 2 N–H and O–H groups in total. The van der Waals surface area contributed by atoms with Gasteiger partial charge < -0.3 is 20.1 Å². The summed E-state index contributed by atoms with van der Waals surface area (Å²) in [6, 6.07) is 28.1. The number of hydrogen-bond donors (Lipinski definition) is 2. The molecule has 1 heterocycles. The molecule has 5 aromatic rings. The molecule has 0 saturated heterocycles. The number of thiazole rings is 1. The van der Waals surface area contributed by atoms with Crippen molar-refractivity contribution in [2.45, 2.75) is 38.5 Å². The van der Waals surface area contributed by atoms with E-state index in [-0.39, 0.29) is 19.0 Å². The highest BCUT2D eigenvalue weighted by molar-refractivity contribution is 7.13. The number of hydrogen-bond acceptors (Lipinski definition) is 6. The van der Waals surface area contributed by atoms with Gasteiger partial charge in [0.15, 0.2) is 6.61 Å². The van der Waals surface area contributed by atoms with Gasteiger partial charge in [0.25, 0.3) is 11.8 Å². The van der Waals surface area contributed by atoms with Crippen molar-refractivity contribution in [3.05, 3.63) is 142 Å². The first kappa shape index (κ1) is 35.8. The average molecular weight is 702 g/mol. The molecule has 0 aliphatic heterocycles. The molecule has 12 heteroatoms. The molecule has 4 aromatic carbocycles. The number of ether oxygens (including phenoxy) is 1. The molecule has 0 saturated carbocycles. The van der Waals surface area contributed by atoms with Gasteiger partial charge in [0.1, 0.15) is 10.8 Å². The van der Waals surface area contributed by atoms with E-state index < -0.39 is 35.8 Å². The molecule has 0 atom stereocenters. The third kappa shape index (κ3) is 10.0. The SMILES string of the molecule is O=C(O)COc1ccc(CN(Cc2csc(-c3ccc(C(=O)NCCCCc4ccccc4)cc3)n2)C(=O)c2ccccc2C(F)(F)F)cc1. The van der Waals surface area contributed by atoms with E-state index in [0.717, 1.165) is 37.0 Å². The number of carbonyl (C=O) groups excluding carboxylic acids is 2. The zero-order chi connectivity index (χ0) is 35.5. The molecule has 2 amide bonds. The number of unbranched alkanes of at least 4 members (excludes halogenated alkanes) is 1. The maximum absolute atomic E-state index is 13.9. The lowest BCUT2D eigenvalue weighted by atomic mass is 10.0. The van der Waals surface area contributed by atoms with Crippen LogP contribution in [0, 0.1) is 0 Å². The number of carboxylic acid groups (broad SMARTS) is 1. The summed E-state index contributed by atoms with van der Waals surface area (Å²) in [6.07, 6.45) is -1.97. The summed E-state index contributed by atoms with van der Waals surface area (Å²) < 4.78 is 46.7. The van der Waals surface area contributed by atoms with Crippen LogP contribution in [0.25, 0.3) is 10.6 Å². The molecule has 0 bridgehead atoms. The smallest absolute Gasteiger partial charge is 0.417 e. The van der Waals surface area contributed by atoms with Crippen molar-refractivity contribution < 1.29 is 37.4 Å². The molecule has 0 aliphatic carbocycles. The number of aryl methyl sites for hydroxylation is 1. The fourth-order valence-corrected chi connectivity index (χ4v) is 6.03. The first-order valence-electron chi connectivity index (χ1n) is 15.8. The summed E-state index contributed by atoms with van der Waals surface area (Å²) in [5.74, 6) is -1.85. The maximum atomic E-state index is 13.9. The van der Waals surface area contributed by atoms with Gasteiger partial charge in [0, 0.05) is 29.6 Å². The molecule has 0 aliphatic rings. The van der Waals surface area contributed by atoms with Crippen molar-refractivity contribution in [2.75, 3.05) is 13.2 Å². The molecule has 0 spiro atoms. The van der Waals surface area contributed by atoms with Crippen LogP contribution in [0.4, 0.5) is 13.2 Å². The molecular weight excluding hydrogens is 667 g/mol. The van der Waals surface area contributed by atoms with Crippen molar-refractivity contribution in [1.82, 2.24) is 15.2 Å². The Morgan fingerprint density at radius 3 is 2.22 bits per heavy atom. The molecule has 0 unspecified atom stereocenters. The van der Waals surface area contributed by atoms with Gasteiger partial charge in [0.2, 0.25) is 0 Å². The predicted octanol–water partition coefficient (Wildman–Crippen LogP) is 7.89. The second-order valence-corrected chi connectivity index (χ2v) is 12.3. The van der Waals surface area contributed by atoms with E-state index in [1.54, 1.807) is 41.8 Å². The van der Waals surface area contributed by atoms with Gasteiger partial charge in [-0.05, 0) is 66.8 Å². The van der Waals surface area contributed by atoms with Crippen molar-refractivity contribution in [3.8, 4) is 16.3 Å². The Morgan fingerprint density at radius 2 is 1.52 bits per heavy atom. The topological polar surface area (TPSA) is 109 Å². The quantitative estimate of drug-likeness (QED) is 0.108. The largest absolute Gasteiger partial charge is 0.482 e. The van der Waals surface area contributed by atoms with E-state index in [9.17, 15) is 27.6 Å².